The molecule has 30 heavy (non-hydrogen) atoms. The molecule has 0 bridgehead atoms. The Hall–Kier alpha value is -3.39. The summed E-state index contributed by atoms with van der Waals surface area (Å²) in [5.41, 5.74) is 3.54. The monoisotopic (exact) mass is 411 g/mol. The Morgan fingerprint density at radius 3 is 2.83 bits per heavy atom. The van der Waals surface area contributed by atoms with Crippen LogP contribution in [0.4, 0.5) is 5.69 Å². The van der Waals surface area contributed by atoms with E-state index in [1.165, 1.54) is 0 Å². The summed E-state index contributed by atoms with van der Waals surface area (Å²) in [5, 5.41) is 18.5. The van der Waals surface area contributed by atoms with Gasteiger partial charge in [0, 0.05) is 32.6 Å². The van der Waals surface area contributed by atoms with E-state index < -0.39 is 6.23 Å². The molecule has 0 aromatic heterocycles. The van der Waals surface area contributed by atoms with E-state index in [2.05, 4.69) is 32.5 Å². The molecule has 2 rings (SSSR count). The number of rotatable bonds is 8. The van der Waals surface area contributed by atoms with Crippen LogP contribution in [0, 0.1) is 0 Å². The van der Waals surface area contributed by atoms with Crippen LogP contribution in [0.5, 0.6) is 5.75 Å². The molecule has 0 spiro atoms. The van der Waals surface area contributed by atoms with Gasteiger partial charge < -0.3 is 25.8 Å². The van der Waals surface area contributed by atoms with Crippen LogP contribution in [-0.2, 0) is 11.3 Å². The number of aliphatic imine (C=N–C) groups is 2. The van der Waals surface area contributed by atoms with Crippen LogP contribution in [-0.4, -0.2) is 49.9 Å². The quantitative estimate of drug-likeness (QED) is 0.298. The lowest BCUT2D eigenvalue weighted by Crippen LogP contribution is -2.31. The summed E-state index contributed by atoms with van der Waals surface area (Å²) in [5.74, 6) is 0.318. The summed E-state index contributed by atoms with van der Waals surface area (Å²) >= 11 is 0. The van der Waals surface area contributed by atoms with Crippen LogP contribution in [0.25, 0.3) is 0 Å². The number of allylic oxidation sites excluding steroid dienone is 3. The summed E-state index contributed by atoms with van der Waals surface area (Å²) in [4.78, 5) is 21.3. The van der Waals surface area contributed by atoms with Crippen molar-refractivity contribution in [2.75, 3.05) is 26.0 Å². The van der Waals surface area contributed by atoms with Crippen LogP contribution >= 0.6 is 0 Å². The number of aliphatic hydroxyl groups excluding tert-OH is 1. The van der Waals surface area contributed by atoms with Gasteiger partial charge in [0.1, 0.15) is 12.4 Å². The Balaban J connectivity index is 2.12. The van der Waals surface area contributed by atoms with Gasteiger partial charge >= 0.3 is 0 Å². The molecule has 1 aliphatic heterocycles. The van der Waals surface area contributed by atoms with E-state index in [9.17, 15) is 9.90 Å². The Labute approximate surface area is 177 Å². The zero-order valence-electron chi connectivity index (χ0n) is 17.8. The zero-order valence-corrected chi connectivity index (χ0v) is 17.8. The van der Waals surface area contributed by atoms with Crippen LogP contribution in [0.3, 0.4) is 0 Å². The molecule has 1 aromatic carbocycles. The third-order valence-electron chi connectivity index (χ3n) is 4.40. The first kappa shape index (κ1) is 22.9. The smallest absolute Gasteiger partial charge is 0.253 e. The number of benzene rings is 1. The molecule has 8 nitrogen and oxygen atoms in total. The highest BCUT2D eigenvalue weighted by Gasteiger charge is 2.19. The van der Waals surface area contributed by atoms with Gasteiger partial charge in [0.25, 0.3) is 5.91 Å². The molecule has 0 saturated heterocycles. The molecule has 1 atom stereocenters. The van der Waals surface area contributed by atoms with Gasteiger partial charge in [-0.15, -0.1) is 0 Å². The fraction of sp³-hybridized carbons (Fsp3) is 0.318. The van der Waals surface area contributed by atoms with Crippen LogP contribution in [0.1, 0.15) is 19.4 Å². The molecule has 8 heteroatoms. The van der Waals surface area contributed by atoms with Crippen molar-refractivity contribution < 1.29 is 14.6 Å². The van der Waals surface area contributed by atoms with Gasteiger partial charge in [0.2, 0.25) is 0 Å². The molecular weight excluding hydrogens is 382 g/mol. The molecule has 0 radical (unpaired) electrons. The second-order valence-electron chi connectivity index (χ2n) is 6.45. The number of carbonyl (C=O) groups is 1. The SMILES string of the molecule is C=C(C(=O)NCc1ccc2c(c1)NC(O)CO2)C(=NC)/C(=C\C(=C/C)NC)N=CC. The Bertz CT molecular complexity index is 915. The van der Waals surface area contributed by atoms with Crippen molar-refractivity contribution in [1.82, 2.24) is 10.6 Å². The average Bonchev–Trinajstić information content (AvgIpc) is 2.75. The molecule has 160 valence electrons. The highest BCUT2D eigenvalue weighted by molar-refractivity contribution is 6.27. The molecule has 1 amide bonds. The second-order valence-corrected chi connectivity index (χ2v) is 6.45. The first-order valence-corrected chi connectivity index (χ1v) is 9.62. The molecule has 1 unspecified atom stereocenters. The predicted octanol–water partition coefficient (Wildman–Crippen LogP) is 2.15. The normalized spacial score (nSPS) is 17.1. The summed E-state index contributed by atoms with van der Waals surface area (Å²) in [7, 11) is 3.41. The topological polar surface area (TPSA) is 107 Å². The molecule has 1 aliphatic rings. The number of nitrogens with zero attached hydrogens (tertiary/aromatic N) is 2. The highest BCUT2D eigenvalue weighted by atomic mass is 16.5. The Morgan fingerprint density at radius 2 is 2.20 bits per heavy atom. The van der Waals surface area contributed by atoms with Gasteiger partial charge in [0.15, 0.2) is 6.23 Å². The molecule has 0 saturated carbocycles. The molecule has 4 N–H and O–H groups in total. The number of carbonyl (C=O) groups excluding carboxylic acids is 1. The molecular formula is C22H29N5O3. The summed E-state index contributed by atoms with van der Waals surface area (Å²) in [6.07, 6.45) is 4.59. The van der Waals surface area contributed by atoms with Gasteiger partial charge in [-0.1, -0.05) is 18.7 Å². The third kappa shape index (κ3) is 5.81. The minimum atomic E-state index is -0.755. The number of nitrogens with one attached hydrogen (secondary N) is 3. The number of anilines is 1. The number of fused-ring (bicyclic) bond motifs is 1. The summed E-state index contributed by atoms with van der Waals surface area (Å²) < 4.78 is 5.44. The van der Waals surface area contributed by atoms with Crippen molar-refractivity contribution in [3.63, 3.8) is 0 Å². The van der Waals surface area contributed by atoms with Crippen molar-refractivity contribution in [2.24, 2.45) is 9.98 Å². The average molecular weight is 412 g/mol. The van der Waals surface area contributed by atoms with E-state index in [-0.39, 0.29) is 24.6 Å². The summed E-state index contributed by atoms with van der Waals surface area (Å²) in [6, 6.07) is 5.48. The van der Waals surface area contributed by atoms with E-state index in [1.54, 1.807) is 39.4 Å². The molecule has 0 fully saturated rings. The maximum Gasteiger partial charge on any atom is 0.253 e. The standard InChI is InChI=1S/C22H29N5O3/c1-6-16(23-4)11-18(25-7-2)21(24-5)14(3)22(29)26-12-15-8-9-19-17(10-15)27-20(28)13-30-19/h6-11,20,23,27-28H,3,12-13H2,1-2,4-5H3,(H,26,29)/b16-6+,18-11+,24-21?,25-7?. The van der Waals surface area contributed by atoms with Crippen molar-refractivity contribution in [3.8, 4) is 5.75 Å². The number of likely N-dealkylation sites (N-methyl/N-ethyl adjacent to an activating group) is 1. The van der Waals surface area contributed by atoms with Crippen molar-refractivity contribution >= 4 is 23.5 Å². The summed E-state index contributed by atoms with van der Waals surface area (Å²) in [6.45, 7) is 8.09. The number of amides is 1. The van der Waals surface area contributed by atoms with Crippen LogP contribution in [0.2, 0.25) is 0 Å². The van der Waals surface area contributed by atoms with E-state index >= 15 is 0 Å². The number of ether oxygens (including phenoxy) is 1. The first-order chi connectivity index (χ1) is 14.4. The largest absolute Gasteiger partial charge is 0.487 e. The zero-order chi connectivity index (χ0) is 22.1. The van der Waals surface area contributed by atoms with Crippen LogP contribution < -0.4 is 20.7 Å². The number of aliphatic hydroxyl groups is 1. The third-order valence-corrected chi connectivity index (χ3v) is 4.40. The van der Waals surface area contributed by atoms with E-state index in [4.69, 9.17) is 4.74 Å². The minimum absolute atomic E-state index is 0.195. The lowest BCUT2D eigenvalue weighted by atomic mass is 10.1. The second kappa shape index (κ2) is 11.0. The lowest BCUT2D eigenvalue weighted by Gasteiger charge is -2.24. The fourth-order valence-corrected chi connectivity index (χ4v) is 2.87. The van der Waals surface area contributed by atoms with Crippen molar-refractivity contribution in [1.29, 1.82) is 0 Å². The Morgan fingerprint density at radius 1 is 1.43 bits per heavy atom. The first-order valence-electron chi connectivity index (χ1n) is 9.62. The molecule has 0 aliphatic carbocycles. The highest BCUT2D eigenvalue weighted by Crippen LogP contribution is 2.29. The van der Waals surface area contributed by atoms with E-state index in [1.807, 2.05) is 25.1 Å². The van der Waals surface area contributed by atoms with E-state index in [0.29, 0.717) is 22.8 Å². The molecule has 1 heterocycles. The lowest BCUT2D eigenvalue weighted by molar-refractivity contribution is -0.117. The van der Waals surface area contributed by atoms with E-state index in [0.717, 1.165) is 11.3 Å². The van der Waals surface area contributed by atoms with Gasteiger partial charge in [-0.25, -0.2) is 0 Å². The number of hydrogen-bond donors (Lipinski definition) is 4. The predicted molar refractivity (Wildman–Crippen MR) is 121 cm³/mol. The van der Waals surface area contributed by atoms with Crippen LogP contribution in [0.15, 0.2) is 63.9 Å². The van der Waals surface area contributed by atoms with Gasteiger partial charge in [-0.05, 0) is 37.6 Å². The maximum atomic E-state index is 12.7. The van der Waals surface area contributed by atoms with Crippen molar-refractivity contribution in [3.05, 3.63) is 59.5 Å². The molecule has 1 aromatic rings. The van der Waals surface area contributed by atoms with Crippen molar-refractivity contribution in [2.45, 2.75) is 26.6 Å². The fourth-order valence-electron chi connectivity index (χ4n) is 2.87. The van der Waals surface area contributed by atoms with Gasteiger partial charge in [-0.3, -0.25) is 14.8 Å². The Kier molecular flexibility index (Phi) is 8.37. The van der Waals surface area contributed by atoms with Gasteiger partial charge in [-0.2, -0.15) is 0 Å². The maximum absolute atomic E-state index is 12.7. The number of hydrogen-bond acceptors (Lipinski definition) is 7. The minimum Gasteiger partial charge on any atom is -0.487 e. The van der Waals surface area contributed by atoms with Gasteiger partial charge in [0.05, 0.1) is 22.7 Å².